The molecule has 0 aromatic heterocycles. The zero-order valence-corrected chi connectivity index (χ0v) is 12.2. The molecule has 0 saturated heterocycles. The van der Waals surface area contributed by atoms with Crippen LogP contribution in [0.5, 0.6) is 0 Å². The Hall–Kier alpha value is -1.79. The zero-order valence-electron chi connectivity index (χ0n) is 12.2. The predicted molar refractivity (Wildman–Crippen MR) is 77.5 cm³/mol. The first kappa shape index (κ1) is 17.3. The third kappa shape index (κ3) is 4.91. The number of likely N-dealkylation sites (N-methyl/N-ethyl adjacent to an activating group) is 1. The third-order valence-electron chi connectivity index (χ3n) is 2.87. The van der Waals surface area contributed by atoms with Crippen LogP contribution in [0.2, 0.25) is 0 Å². The van der Waals surface area contributed by atoms with E-state index in [0.717, 1.165) is 6.07 Å². The molecule has 0 amide bonds. The monoisotopic (exact) mass is 298 g/mol. The normalized spacial score (nSPS) is 13.1. The fourth-order valence-electron chi connectivity index (χ4n) is 1.83. The van der Waals surface area contributed by atoms with Gasteiger partial charge in [-0.15, -0.1) is 0 Å². The quantitative estimate of drug-likeness (QED) is 0.754. The first-order chi connectivity index (χ1) is 10.0. The Bertz CT molecular complexity index is 518. The molecule has 116 valence electrons. The van der Waals surface area contributed by atoms with E-state index in [9.17, 15) is 13.6 Å². The molecule has 0 aliphatic rings. The smallest absolute Gasteiger partial charge is 0.323 e. The van der Waals surface area contributed by atoms with Crippen LogP contribution in [0.3, 0.4) is 0 Å². The molecule has 0 heterocycles. The van der Waals surface area contributed by atoms with Crippen molar-refractivity contribution in [2.24, 2.45) is 5.73 Å². The first-order valence-corrected chi connectivity index (χ1v) is 6.71. The number of benzene rings is 1. The molecule has 1 atom stereocenters. The van der Waals surface area contributed by atoms with Crippen molar-refractivity contribution in [3.63, 3.8) is 0 Å². The van der Waals surface area contributed by atoms with E-state index in [0.29, 0.717) is 12.1 Å². The van der Waals surface area contributed by atoms with Crippen LogP contribution in [0.1, 0.15) is 18.9 Å². The summed E-state index contributed by atoms with van der Waals surface area (Å²) in [4.78, 5) is 11.4. The van der Waals surface area contributed by atoms with E-state index in [1.807, 2.05) is 0 Å². The Balaban J connectivity index is 2.93. The first-order valence-electron chi connectivity index (χ1n) is 6.71. The van der Waals surface area contributed by atoms with Gasteiger partial charge in [-0.3, -0.25) is 4.79 Å². The molecule has 1 aromatic carbocycles. The molecular formula is C15H20F2N2O2. The lowest BCUT2D eigenvalue weighted by molar-refractivity contribution is -0.144. The van der Waals surface area contributed by atoms with E-state index < -0.39 is 23.6 Å². The number of halogens is 2. The average molecular weight is 298 g/mol. The van der Waals surface area contributed by atoms with E-state index in [-0.39, 0.29) is 18.6 Å². The van der Waals surface area contributed by atoms with Crippen LogP contribution >= 0.6 is 0 Å². The van der Waals surface area contributed by atoms with E-state index in [4.69, 9.17) is 10.5 Å². The summed E-state index contributed by atoms with van der Waals surface area (Å²) in [7, 11) is 1.69. The van der Waals surface area contributed by atoms with Gasteiger partial charge in [-0.2, -0.15) is 0 Å². The van der Waals surface area contributed by atoms with Crippen LogP contribution in [0, 0.1) is 11.6 Å². The number of rotatable bonds is 7. The minimum atomic E-state index is -0.913. The number of hydrogen-bond donors (Lipinski definition) is 2. The second-order valence-electron chi connectivity index (χ2n) is 4.46. The third-order valence-corrected chi connectivity index (χ3v) is 2.87. The summed E-state index contributed by atoms with van der Waals surface area (Å²) < 4.78 is 31.9. The van der Waals surface area contributed by atoms with Crippen LogP contribution in [0.25, 0.3) is 5.57 Å². The highest BCUT2D eigenvalue weighted by atomic mass is 19.2. The van der Waals surface area contributed by atoms with Gasteiger partial charge in [0, 0.05) is 12.1 Å². The van der Waals surface area contributed by atoms with E-state index in [1.54, 1.807) is 20.0 Å². The SMILES string of the molecule is CCOC(=O)C(N)C/C=C(\CNC)c1cccc(F)c1F. The Morgan fingerprint density at radius 2 is 2.19 bits per heavy atom. The second kappa shape index (κ2) is 8.49. The molecule has 6 heteroatoms. The molecule has 0 saturated carbocycles. The van der Waals surface area contributed by atoms with Crippen molar-refractivity contribution >= 4 is 11.5 Å². The Kier molecular flexibility index (Phi) is 6.98. The molecule has 0 aliphatic carbocycles. The largest absolute Gasteiger partial charge is 0.465 e. The number of ether oxygens (including phenoxy) is 1. The van der Waals surface area contributed by atoms with Gasteiger partial charge in [0.2, 0.25) is 0 Å². The number of carbonyl (C=O) groups excluding carboxylic acids is 1. The summed E-state index contributed by atoms with van der Waals surface area (Å²) in [5.74, 6) is -2.34. The maximum atomic E-state index is 13.8. The molecule has 0 spiro atoms. The van der Waals surface area contributed by atoms with Gasteiger partial charge < -0.3 is 15.8 Å². The molecule has 4 nitrogen and oxygen atoms in total. The van der Waals surface area contributed by atoms with E-state index >= 15 is 0 Å². The molecule has 0 bridgehead atoms. The number of nitrogens with one attached hydrogen (secondary N) is 1. The van der Waals surface area contributed by atoms with Crippen molar-refractivity contribution in [1.82, 2.24) is 5.32 Å². The van der Waals surface area contributed by atoms with Crippen molar-refractivity contribution in [3.8, 4) is 0 Å². The molecular weight excluding hydrogens is 278 g/mol. The fraction of sp³-hybridized carbons (Fsp3) is 0.400. The molecule has 3 N–H and O–H groups in total. The second-order valence-corrected chi connectivity index (χ2v) is 4.46. The van der Waals surface area contributed by atoms with E-state index in [1.165, 1.54) is 12.1 Å². The summed E-state index contributed by atoms with van der Waals surface area (Å²) in [5, 5.41) is 2.88. The van der Waals surface area contributed by atoms with Crippen molar-refractivity contribution in [1.29, 1.82) is 0 Å². The summed E-state index contributed by atoms with van der Waals surface area (Å²) in [5.41, 5.74) is 6.38. The highest BCUT2D eigenvalue weighted by molar-refractivity contribution is 5.76. The van der Waals surface area contributed by atoms with Crippen LogP contribution in [-0.2, 0) is 9.53 Å². The Labute approximate surface area is 123 Å². The van der Waals surface area contributed by atoms with Crippen molar-refractivity contribution in [2.75, 3.05) is 20.2 Å². The molecule has 1 aromatic rings. The van der Waals surface area contributed by atoms with Crippen LogP contribution in [-0.4, -0.2) is 32.2 Å². The number of esters is 1. The molecule has 0 radical (unpaired) electrons. The minimum absolute atomic E-state index is 0.153. The number of hydrogen-bond acceptors (Lipinski definition) is 4. The van der Waals surface area contributed by atoms with Crippen molar-refractivity contribution < 1.29 is 18.3 Å². The lowest BCUT2D eigenvalue weighted by Gasteiger charge is -2.12. The average Bonchev–Trinajstić information content (AvgIpc) is 2.46. The fourth-order valence-corrected chi connectivity index (χ4v) is 1.83. The minimum Gasteiger partial charge on any atom is -0.465 e. The number of nitrogens with two attached hydrogens (primary N) is 1. The summed E-state index contributed by atoms with van der Waals surface area (Å²) in [6, 6.07) is 3.15. The molecule has 1 unspecified atom stereocenters. The summed E-state index contributed by atoms with van der Waals surface area (Å²) >= 11 is 0. The number of carbonyl (C=O) groups is 1. The highest BCUT2D eigenvalue weighted by Gasteiger charge is 2.15. The van der Waals surface area contributed by atoms with E-state index in [2.05, 4.69) is 5.32 Å². The standard InChI is InChI=1S/C15H20F2N2O2/c1-3-21-15(20)13(18)8-7-10(9-19-2)11-5-4-6-12(16)14(11)17/h4-7,13,19H,3,8-9,18H2,1-2H3/b10-7+. The van der Waals surface area contributed by atoms with Gasteiger partial charge in [0.05, 0.1) is 6.61 Å². The Morgan fingerprint density at radius 1 is 1.48 bits per heavy atom. The van der Waals surface area contributed by atoms with Gasteiger partial charge in [-0.05, 0) is 32.0 Å². The van der Waals surface area contributed by atoms with Gasteiger partial charge in [0.25, 0.3) is 0 Å². The van der Waals surface area contributed by atoms with Crippen LogP contribution < -0.4 is 11.1 Å². The predicted octanol–water partition coefficient (Wildman–Crippen LogP) is 1.85. The lowest BCUT2D eigenvalue weighted by atomic mass is 10.0. The van der Waals surface area contributed by atoms with Crippen molar-refractivity contribution in [2.45, 2.75) is 19.4 Å². The lowest BCUT2D eigenvalue weighted by Crippen LogP contribution is -2.31. The Morgan fingerprint density at radius 3 is 2.81 bits per heavy atom. The highest BCUT2D eigenvalue weighted by Crippen LogP contribution is 2.20. The summed E-state index contributed by atoms with van der Waals surface area (Å²) in [6.07, 6.45) is 1.81. The topological polar surface area (TPSA) is 64.3 Å². The van der Waals surface area contributed by atoms with Gasteiger partial charge >= 0.3 is 5.97 Å². The van der Waals surface area contributed by atoms with Crippen LogP contribution in [0.15, 0.2) is 24.3 Å². The van der Waals surface area contributed by atoms with Gasteiger partial charge in [0.15, 0.2) is 11.6 Å². The molecule has 1 rings (SSSR count). The van der Waals surface area contributed by atoms with Gasteiger partial charge in [-0.25, -0.2) is 8.78 Å². The maximum Gasteiger partial charge on any atom is 0.323 e. The van der Waals surface area contributed by atoms with Crippen LogP contribution in [0.4, 0.5) is 8.78 Å². The zero-order chi connectivity index (χ0) is 15.8. The van der Waals surface area contributed by atoms with Gasteiger partial charge in [0.1, 0.15) is 6.04 Å². The van der Waals surface area contributed by atoms with Crippen molar-refractivity contribution in [3.05, 3.63) is 41.5 Å². The molecule has 21 heavy (non-hydrogen) atoms. The van der Waals surface area contributed by atoms with Gasteiger partial charge in [-0.1, -0.05) is 18.2 Å². The molecule has 0 aliphatic heterocycles. The summed E-state index contributed by atoms with van der Waals surface area (Å²) in [6.45, 7) is 2.27. The maximum absolute atomic E-state index is 13.8. The molecule has 0 fully saturated rings.